The minimum absolute atomic E-state index is 0.0973. The number of likely N-dealkylation sites (tertiary alicyclic amines) is 1. The van der Waals surface area contributed by atoms with Crippen molar-refractivity contribution in [3.8, 4) is 0 Å². The van der Waals surface area contributed by atoms with E-state index in [0.717, 1.165) is 54.5 Å². The van der Waals surface area contributed by atoms with Crippen LogP contribution in [0.1, 0.15) is 35.2 Å². The SMILES string of the molecule is Cc1cnn(C[C@H]2CCCCN2C(=O)c2ccc3nc[nH]c3c2)c1. The number of fused-ring (bicyclic) bond motifs is 1. The minimum atomic E-state index is 0.0973. The number of amides is 1. The van der Waals surface area contributed by atoms with Gasteiger partial charge in [-0.1, -0.05) is 0 Å². The molecule has 2 aromatic heterocycles. The number of imidazole rings is 1. The first kappa shape index (κ1) is 14.9. The molecule has 0 spiro atoms. The molecule has 0 saturated carbocycles. The molecule has 1 amide bonds. The van der Waals surface area contributed by atoms with Crippen LogP contribution in [-0.4, -0.2) is 43.1 Å². The molecule has 1 atom stereocenters. The first-order valence-corrected chi connectivity index (χ1v) is 8.44. The molecular formula is C18H21N5O. The maximum absolute atomic E-state index is 13.0. The zero-order valence-corrected chi connectivity index (χ0v) is 13.8. The average Bonchev–Trinajstić information content (AvgIpc) is 3.22. The van der Waals surface area contributed by atoms with E-state index < -0.39 is 0 Å². The van der Waals surface area contributed by atoms with Crippen LogP contribution in [0.4, 0.5) is 0 Å². The largest absolute Gasteiger partial charge is 0.345 e. The Hall–Kier alpha value is -2.63. The number of H-pyrrole nitrogens is 1. The Balaban J connectivity index is 1.57. The molecular weight excluding hydrogens is 302 g/mol. The smallest absolute Gasteiger partial charge is 0.254 e. The second-order valence-corrected chi connectivity index (χ2v) is 6.52. The second-order valence-electron chi connectivity index (χ2n) is 6.52. The van der Waals surface area contributed by atoms with Gasteiger partial charge in [0.05, 0.1) is 36.1 Å². The van der Waals surface area contributed by atoms with Crippen LogP contribution >= 0.6 is 0 Å². The summed E-state index contributed by atoms with van der Waals surface area (Å²) in [6.07, 6.45) is 8.80. The molecule has 3 aromatic rings. The van der Waals surface area contributed by atoms with Crippen LogP contribution in [0, 0.1) is 6.92 Å². The van der Waals surface area contributed by atoms with Crippen molar-refractivity contribution in [1.29, 1.82) is 0 Å². The number of carbonyl (C=O) groups is 1. The van der Waals surface area contributed by atoms with Crippen molar-refractivity contribution >= 4 is 16.9 Å². The van der Waals surface area contributed by atoms with Crippen molar-refractivity contribution in [2.75, 3.05) is 6.54 Å². The van der Waals surface area contributed by atoms with Gasteiger partial charge in [-0.15, -0.1) is 0 Å². The van der Waals surface area contributed by atoms with Crippen molar-refractivity contribution in [2.24, 2.45) is 0 Å². The highest BCUT2D eigenvalue weighted by molar-refractivity contribution is 5.97. The Morgan fingerprint density at radius 2 is 2.29 bits per heavy atom. The molecule has 6 heteroatoms. The van der Waals surface area contributed by atoms with Crippen molar-refractivity contribution < 1.29 is 4.79 Å². The summed E-state index contributed by atoms with van der Waals surface area (Å²) in [6.45, 7) is 3.60. The number of benzene rings is 1. The van der Waals surface area contributed by atoms with Gasteiger partial charge in [-0.05, 0) is 49.9 Å². The number of piperidine rings is 1. The van der Waals surface area contributed by atoms with Crippen LogP contribution in [-0.2, 0) is 6.54 Å². The van der Waals surface area contributed by atoms with Crippen LogP contribution in [0.3, 0.4) is 0 Å². The number of aromatic nitrogens is 4. The molecule has 1 aromatic carbocycles. The Morgan fingerprint density at radius 3 is 3.12 bits per heavy atom. The predicted molar refractivity (Wildman–Crippen MR) is 91.7 cm³/mol. The maximum atomic E-state index is 13.0. The van der Waals surface area contributed by atoms with E-state index in [4.69, 9.17) is 0 Å². The summed E-state index contributed by atoms with van der Waals surface area (Å²) >= 11 is 0. The molecule has 4 rings (SSSR count). The second kappa shape index (κ2) is 6.11. The van der Waals surface area contributed by atoms with Gasteiger partial charge in [0, 0.05) is 18.3 Å². The molecule has 1 saturated heterocycles. The minimum Gasteiger partial charge on any atom is -0.345 e. The Labute approximate surface area is 140 Å². The van der Waals surface area contributed by atoms with Gasteiger partial charge in [0.2, 0.25) is 0 Å². The first-order valence-electron chi connectivity index (χ1n) is 8.44. The Morgan fingerprint density at radius 1 is 1.38 bits per heavy atom. The number of nitrogens with zero attached hydrogens (tertiary/aromatic N) is 4. The van der Waals surface area contributed by atoms with Crippen molar-refractivity contribution in [1.82, 2.24) is 24.6 Å². The van der Waals surface area contributed by atoms with E-state index in [-0.39, 0.29) is 11.9 Å². The predicted octanol–water partition coefficient (Wildman–Crippen LogP) is 2.76. The van der Waals surface area contributed by atoms with Gasteiger partial charge in [0.1, 0.15) is 0 Å². The van der Waals surface area contributed by atoms with Crippen LogP contribution in [0.15, 0.2) is 36.9 Å². The van der Waals surface area contributed by atoms with Crippen LogP contribution < -0.4 is 0 Å². The molecule has 1 aliphatic rings. The molecule has 0 aliphatic carbocycles. The van der Waals surface area contributed by atoms with Crippen LogP contribution in [0.25, 0.3) is 11.0 Å². The monoisotopic (exact) mass is 323 g/mol. The summed E-state index contributed by atoms with van der Waals surface area (Å²) in [5, 5.41) is 4.38. The molecule has 0 radical (unpaired) electrons. The third-order valence-corrected chi connectivity index (χ3v) is 4.72. The molecule has 1 aliphatic heterocycles. The molecule has 1 fully saturated rings. The lowest BCUT2D eigenvalue weighted by Gasteiger charge is -2.35. The summed E-state index contributed by atoms with van der Waals surface area (Å²) in [6, 6.07) is 5.86. The number of aromatic amines is 1. The number of hydrogen-bond acceptors (Lipinski definition) is 3. The number of aryl methyl sites for hydroxylation is 1. The van der Waals surface area contributed by atoms with E-state index in [1.54, 1.807) is 6.33 Å². The summed E-state index contributed by atoms with van der Waals surface area (Å²) in [5.41, 5.74) is 3.65. The summed E-state index contributed by atoms with van der Waals surface area (Å²) in [4.78, 5) is 22.3. The van der Waals surface area contributed by atoms with Gasteiger partial charge in [0.15, 0.2) is 0 Å². The fourth-order valence-corrected chi connectivity index (χ4v) is 3.47. The Bertz CT molecular complexity index is 865. The first-order chi connectivity index (χ1) is 11.7. The third kappa shape index (κ3) is 2.79. The fourth-order valence-electron chi connectivity index (χ4n) is 3.47. The molecule has 24 heavy (non-hydrogen) atoms. The zero-order chi connectivity index (χ0) is 16.5. The molecule has 1 N–H and O–H groups in total. The van der Waals surface area contributed by atoms with E-state index in [1.807, 2.05) is 47.1 Å². The van der Waals surface area contributed by atoms with Gasteiger partial charge in [-0.3, -0.25) is 9.48 Å². The maximum Gasteiger partial charge on any atom is 0.254 e. The quantitative estimate of drug-likeness (QED) is 0.806. The van der Waals surface area contributed by atoms with Crippen LogP contribution in [0.2, 0.25) is 0 Å². The van der Waals surface area contributed by atoms with E-state index in [2.05, 4.69) is 15.1 Å². The van der Waals surface area contributed by atoms with Gasteiger partial charge in [0.25, 0.3) is 5.91 Å². The van der Waals surface area contributed by atoms with Crippen molar-refractivity contribution in [3.05, 3.63) is 48.0 Å². The number of rotatable bonds is 3. The summed E-state index contributed by atoms with van der Waals surface area (Å²) < 4.78 is 1.95. The van der Waals surface area contributed by atoms with Gasteiger partial charge < -0.3 is 9.88 Å². The molecule has 6 nitrogen and oxygen atoms in total. The molecule has 3 heterocycles. The molecule has 124 valence electrons. The van der Waals surface area contributed by atoms with Gasteiger partial charge in [-0.2, -0.15) is 5.10 Å². The standard InChI is InChI=1S/C18H21N5O/c1-13-9-21-22(10-13)11-15-4-2-3-7-23(15)18(24)14-5-6-16-17(8-14)20-12-19-16/h5-6,8-10,12,15H,2-4,7,11H2,1H3,(H,19,20)/t15-/m1/s1. The number of nitrogens with one attached hydrogen (secondary N) is 1. The third-order valence-electron chi connectivity index (χ3n) is 4.72. The highest BCUT2D eigenvalue weighted by atomic mass is 16.2. The Kier molecular flexibility index (Phi) is 3.80. The van der Waals surface area contributed by atoms with E-state index >= 15 is 0 Å². The van der Waals surface area contributed by atoms with Crippen molar-refractivity contribution in [3.63, 3.8) is 0 Å². The van der Waals surface area contributed by atoms with Crippen LogP contribution in [0.5, 0.6) is 0 Å². The average molecular weight is 323 g/mol. The van der Waals surface area contributed by atoms with E-state index in [9.17, 15) is 4.79 Å². The fraction of sp³-hybridized carbons (Fsp3) is 0.389. The lowest BCUT2D eigenvalue weighted by atomic mass is 10.0. The topological polar surface area (TPSA) is 66.8 Å². The zero-order valence-electron chi connectivity index (χ0n) is 13.8. The lowest BCUT2D eigenvalue weighted by Crippen LogP contribution is -2.45. The number of carbonyl (C=O) groups excluding carboxylic acids is 1. The molecule has 0 unspecified atom stereocenters. The van der Waals surface area contributed by atoms with Gasteiger partial charge in [-0.25, -0.2) is 4.98 Å². The summed E-state index contributed by atoms with van der Waals surface area (Å²) in [7, 11) is 0. The highest BCUT2D eigenvalue weighted by Gasteiger charge is 2.28. The van der Waals surface area contributed by atoms with E-state index in [0.29, 0.717) is 0 Å². The van der Waals surface area contributed by atoms with Crippen molar-refractivity contribution in [2.45, 2.75) is 38.8 Å². The van der Waals surface area contributed by atoms with Gasteiger partial charge >= 0.3 is 0 Å². The highest BCUT2D eigenvalue weighted by Crippen LogP contribution is 2.22. The summed E-state index contributed by atoms with van der Waals surface area (Å²) in [5.74, 6) is 0.0973. The number of hydrogen-bond donors (Lipinski definition) is 1. The lowest BCUT2D eigenvalue weighted by molar-refractivity contribution is 0.0584. The molecule has 0 bridgehead atoms. The van der Waals surface area contributed by atoms with E-state index in [1.165, 1.54) is 0 Å². The normalized spacial score (nSPS) is 18.2.